The number of rotatable bonds is 7. The Bertz CT molecular complexity index is 916. The van der Waals surface area contributed by atoms with Crippen LogP contribution in [0.3, 0.4) is 0 Å². The molecule has 1 atom stereocenters. The Balaban J connectivity index is 0.00000306. The van der Waals surface area contributed by atoms with Gasteiger partial charge >= 0.3 is 29.6 Å². The number of hydrogen-bond donors (Lipinski definition) is 1. The quantitative estimate of drug-likeness (QED) is 0.560. The second-order valence-electron chi connectivity index (χ2n) is 8.95. The van der Waals surface area contributed by atoms with Crippen LogP contribution in [0.25, 0.3) is 0 Å². The van der Waals surface area contributed by atoms with E-state index in [-0.39, 0.29) is 54.1 Å². The predicted molar refractivity (Wildman–Crippen MR) is 122 cm³/mol. The van der Waals surface area contributed by atoms with E-state index in [2.05, 4.69) is 40.5 Å². The molecule has 1 unspecified atom stereocenters. The number of likely N-dealkylation sites (tertiary alicyclic amines) is 2. The fourth-order valence-corrected chi connectivity index (χ4v) is 5.03. The molecule has 0 radical (unpaired) electrons. The summed E-state index contributed by atoms with van der Waals surface area (Å²) in [6.07, 6.45) is 4.92. The Kier molecular flexibility index (Phi) is 9.95. The molecule has 0 aliphatic carbocycles. The second-order valence-corrected chi connectivity index (χ2v) is 8.95. The summed E-state index contributed by atoms with van der Waals surface area (Å²) < 4.78 is 0. The van der Waals surface area contributed by atoms with Gasteiger partial charge in [0.2, 0.25) is 0 Å². The van der Waals surface area contributed by atoms with Gasteiger partial charge in [-0.05, 0) is 49.4 Å². The van der Waals surface area contributed by atoms with Gasteiger partial charge in [-0.15, -0.1) is 0 Å². The summed E-state index contributed by atoms with van der Waals surface area (Å²) >= 11 is 0. The van der Waals surface area contributed by atoms with E-state index >= 15 is 0 Å². The topological polar surface area (TPSA) is 75.7 Å². The zero-order chi connectivity index (χ0) is 22.3. The molecule has 4 rings (SSSR count). The monoisotopic (exact) mass is 457 g/mol. The molecule has 6 nitrogen and oxygen atoms in total. The molecule has 0 saturated carbocycles. The number of aliphatic carboxylic acids is 1. The molecule has 2 fully saturated rings. The number of amides is 1. The SMILES string of the molecule is O=C([O-])CN1CCC(NC(=O)c2ccccc2C2CCCCN2Cc2ccccc2)CC1.[Na+]. The third-order valence-corrected chi connectivity index (χ3v) is 6.68. The maximum Gasteiger partial charge on any atom is 1.00 e. The number of piperidine rings is 2. The van der Waals surface area contributed by atoms with Crippen molar-refractivity contribution < 1.29 is 44.3 Å². The van der Waals surface area contributed by atoms with E-state index in [9.17, 15) is 14.7 Å². The predicted octanol–water partition coefficient (Wildman–Crippen LogP) is -0.638. The molecule has 2 saturated heterocycles. The second kappa shape index (κ2) is 12.7. The van der Waals surface area contributed by atoms with Crippen molar-refractivity contribution in [1.82, 2.24) is 15.1 Å². The smallest absolute Gasteiger partial charge is 0.549 e. The molecule has 1 amide bonds. The van der Waals surface area contributed by atoms with Crippen molar-refractivity contribution >= 4 is 11.9 Å². The summed E-state index contributed by atoms with van der Waals surface area (Å²) in [5, 5.41) is 14.0. The van der Waals surface area contributed by atoms with Crippen molar-refractivity contribution in [2.45, 2.75) is 50.7 Å². The van der Waals surface area contributed by atoms with Crippen LogP contribution in [0.15, 0.2) is 54.6 Å². The van der Waals surface area contributed by atoms with Crippen molar-refractivity contribution in [2.75, 3.05) is 26.2 Å². The molecule has 0 aromatic heterocycles. The number of carboxylic acid groups (broad SMARTS) is 1. The Morgan fingerprint density at radius 3 is 2.33 bits per heavy atom. The molecule has 0 spiro atoms. The van der Waals surface area contributed by atoms with Crippen LogP contribution in [-0.4, -0.2) is 53.9 Å². The van der Waals surface area contributed by atoms with Gasteiger partial charge in [-0.3, -0.25) is 14.6 Å². The Morgan fingerprint density at radius 1 is 0.909 bits per heavy atom. The van der Waals surface area contributed by atoms with Gasteiger partial charge in [0, 0.05) is 43.8 Å². The number of nitrogens with one attached hydrogen (secondary N) is 1. The average molecular weight is 458 g/mol. The molecule has 0 bridgehead atoms. The van der Waals surface area contributed by atoms with E-state index in [0.717, 1.165) is 43.5 Å². The summed E-state index contributed by atoms with van der Waals surface area (Å²) in [5.41, 5.74) is 3.16. The Hall–Kier alpha value is -1.70. The first-order valence-electron chi connectivity index (χ1n) is 11.7. The minimum Gasteiger partial charge on any atom is -0.549 e. The maximum atomic E-state index is 13.3. The fourth-order valence-electron chi connectivity index (χ4n) is 5.03. The number of hydrogen-bond acceptors (Lipinski definition) is 5. The Labute approximate surface area is 218 Å². The van der Waals surface area contributed by atoms with E-state index in [1.54, 1.807) is 0 Å². The summed E-state index contributed by atoms with van der Waals surface area (Å²) in [4.78, 5) is 28.4. The third-order valence-electron chi connectivity index (χ3n) is 6.68. The summed E-state index contributed by atoms with van der Waals surface area (Å²) in [6.45, 7) is 3.20. The van der Waals surface area contributed by atoms with Crippen molar-refractivity contribution in [2.24, 2.45) is 0 Å². The molecular weight excluding hydrogens is 425 g/mol. The largest absolute Gasteiger partial charge is 1.00 e. The van der Waals surface area contributed by atoms with Crippen LogP contribution >= 0.6 is 0 Å². The molecule has 2 aromatic carbocycles. The first kappa shape index (κ1) is 25.9. The van der Waals surface area contributed by atoms with Gasteiger partial charge in [0.1, 0.15) is 0 Å². The maximum absolute atomic E-state index is 13.3. The van der Waals surface area contributed by atoms with Crippen molar-refractivity contribution in [3.05, 3.63) is 71.3 Å². The van der Waals surface area contributed by atoms with Crippen molar-refractivity contribution in [3.63, 3.8) is 0 Å². The summed E-state index contributed by atoms with van der Waals surface area (Å²) in [5.74, 6) is -1.07. The van der Waals surface area contributed by atoms with Crippen LogP contribution in [0, 0.1) is 0 Å². The zero-order valence-electron chi connectivity index (χ0n) is 19.5. The number of carbonyl (C=O) groups excluding carboxylic acids is 2. The van der Waals surface area contributed by atoms with Crippen LogP contribution < -0.4 is 40.0 Å². The van der Waals surface area contributed by atoms with Gasteiger partial charge in [-0.2, -0.15) is 0 Å². The molecular formula is C26H32N3NaO3. The van der Waals surface area contributed by atoms with E-state index in [1.165, 1.54) is 18.4 Å². The van der Waals surface area contributed by atoms with Gasteiger partial charge in [-0.25, -0.2) is 0 Å². The molecule has 7 heteroatoms. The molecule has 2 heterocycles. The van der Waals surface area contributed by atoms with E-state index in [1.807, 2.05) is 29.2 Å². The van der Waals surface area contributed by atoms with Crippen LogP contribution in [-0.2, 0) is 11.3 Å². The standard InChI is InChI=1S/C26H33N3O3.Na/c30-25(31)19-28-16-13-21(14-17-28)27-26(32)23-11-5-4-10-22(23)24-12-6-7-15-29(24)18-20-8-2-1-3-9-20;/h1-5,8-11,21,24H,6-7,12-19H2,(H,27,32)(H,30,31);/q;+1/p-1. The summed E-state index contributed by atoms with van der Waals surface area (Å²) in [6, 6.07) is 18.8. The van der Waals surface area contributed by atoms with E-state index in [4.69, 9.17) is 0 Å². The number of nitrogens with zero attached hydrogens (tertiary/aromatic N) is 2. The zero-order valence-corrected chi connectivity index (χ0v) is 21.5. The first-order chi connectivity index (χ1) is 15.6. The molecule has 1 N–H and O–H groups in total. The van der Waals surface area contributed by atoms with Gasteiger partial charge in [0.25, 0.3) is 5.91 Å². The van der Waals surface area contributed by atoms with E-state index in [0.29, 0.717) is 13.1 Å². The minimum absolute atomic E-state index is 0. The molecule has 33 heavy (non-hydrogen) atoms. The van der Waals surface area contributed by atoms with Crippen molar-refractivity contribution in [1.29, 1.82) is 0 Å². The van der Waals surface area contributed by atoms with Crippen LogP contribution in [0.5, 0.6) is 0 Å². The third kappa shape index (κ3) is 7.14. The van der Waals surface area contributed by atoms with Gasteiger partial charge in [-0.1, -0.05) is 55.0 Å². The van der Waals surface area contributed by atoms with E-state index < -0.39 is 5.97 Å². The molecule has 2 aromatic rings. The van der Waals surface area contributed by atoms with Gasteiger partial charge < -0.3 is 15.2 Å². The average Bonchev–Trinajstić information content (AvgIpc) is 2.81. The molecule has 2 aliphatic heterocycles. The normalized spacial score (nSPS) is 20.1. The van der Waals surface area contributed by atoms with Gasteiger partial charge in [0.05, 0.1) is 5.97 Å². The van der Waals surface area contributed by atoms with Crippen LogP contribution in [0.1, 0.15) is 59.6 Å². The number of benzene rings is 2. The van der Waals surface area contributed by atoms with Crippen LogP contribution in [0.2, 0.25) is 0 Å². The van der Waals surface area contributed by atoms with Crippen molar-refractivity contribution in [3.8, 4) is 0 Å². The number of carboxylic acids is 1. The van der Waals surface area contributed by atoms with Gasteiger partial charge in [0.15, 0.2) is 0 Å². The van der Waals surface area contributed by atoms with Crippen LogP contribution in [0.4, 0.5) is 0 Å². The molecule has 170 valence electrons. The minimum atomic E-state index is -1.05. The molecule has 2 aliphatic rings. The number of carbonyl (C=O) groups is 2. The Morgan fingerprint density at radius 2 is 1.61 bits per heavy atom. The summed E-state index contributed by atoms with van der Waals surface area (Å²) in [7, 11) is 0. The first-order valence-corrected chi connectivity index (χ1v) is 11.7. The fraction of sp³-hybridized carbons (Fsp3) is 0.462.